The van der Waals surface area contributed by atoms with Gasteiger partial charge in [-0.3, -0.25) is 9.59 Å². The molecule has 0 radical (unpaired) electrons. The summed E-state index contributed by atoms with van der Waals surface area (Å²) < 4.78 is 31.3. The molecule has 0 bridgehead atoms. The number of anilines is 2. The first-order chi connectivity index (χ1) is 15.3. The van der Waals surface area contributed by atoms with Crippen molar-refractivity contribution in [2.75, 3.05) is 22.6 Å². The Morgan fingerprint density at radius 2 is 1.91 bits per heavy atom. The largest absolute Gasteiger partial charge is 0.492 e. The molecule has 1 aliphatic carbocycles. The summed E-state index contributed by atoms with van der Waals surface area (Å²) >= 11 is 0. The third-order valence-corrected chi connectivity index (χ3v) is 7.56. The molecule has 0 saturated heterocycles. The average Bonchev–Trinajstić information content (AvgIpc) is 3.55. The Bertz CT molecular complexity index is 1140. The lowest BCUT2D eigenvalue weighted by Crippen LogP contribution is -2.36. The van der Waals surface area contributed by atoms with Gasteiger partial charge in [0.15, 0.2) is 9.84 Å². The third-order valence-electron chi connectivity index (χ3n) is 5.85. The van der Waals surface area contributed by atoms with Crippen molar-refractivity contribution >= 4 is 33.0 Å². The van der Waals surface area contributed by atoms with Gasteiger partial charge in [-0.05, 0) is 69.0 Å². The molecule has 1 N–H and O–H groups in total. The number of hydrogen-bond donors (Lipinski definition) is 1. The number of carbonyl (C=O) groups excluding carboxylic acids is 2. The molecule has 170 valence electrons. The van der Waals surface area contributed by atoms with Crippen LogP contribution < -0.4 is 15.0 Å². The number of amides is 2. The van der Waals surface area contributed by atoms with Gasteiger partial charge in [0, 0.05) is 24.1 Å². The van der Waals surface area contributed by atoms with Crippen LogP contribution >= 0.6 is 0 Å². The zero-order chi connectivity index (χ0) is 22.9. The standard InChI is InChI=1S/C24H28N2O5S/c1-3-31-22-7-5-4-6-20(22)25-23(27)12-13-32(29,30)19-10-11-21-18(15-19)14-16(2)26(21)24(28)17-8-9-17/h4-7,10-11,15-17H,3,8-9,12-14H2,1-2H3,(H,25,27)/t16-/m1/s1. The molecule has 2 aliphatic rings. The SMILES string of the molecule is CCOc1ccccc1NC(=O)CCS(=O)(=O)c1ccc2c(c1)C[C@@H](C)N2C(=O)C1CC1. The smallest absolute Gasteiger partial charge is 0.230 e. The molecule has 1 saturated carbocycles. The van der Waals surface area contributed by atoms with Crippen LogP contribution in [0.4, 0.5) is 11.4 Å². The van der Waals surface area contributed by atoms with E-state index in [0.29, 0.717) is 24.5 Å². The normalized spacial score (nSPS) is 17.7. The van der Waals surface area contributed by atoms with Crippen molar-refractivity contribution in [1.29, 1.82) is 0 Å². The van der Waals surface area contributed by atoms with Crippen molar-refractivity contribution < 1.29 is 22.7 Å². The minimum absolute atomic E-state index is 0.0206. The Morgan fingerprint density at radius 3 is 2.62 bits per heavy atom. The molecule has 0 aromatic heterocycles. The summed E-state index contributed by atoms with van der Waals surface area (Å²) in [6.07, 6.45) is 2.33. The topological polar surface area (TPSA) is 92.8 Å². The molecule has 1 aliphatic heterocycles. The van der Waals surface area contributed by atoms with Gasteiger partial charge < -0.3 is 15.0 Å². The molecular formula is C24H28N2O5S. The predicted molar refractivity (Wildman–Crippen MR) is 123 cm³/mol. The second kappa shape index (κ2) is 8.94. The Hall–Kier alpha value is -2.87. The number of carbonyl (C=O) groups is 2. The molecule has 2 amide bonds. The summed E-state index contributed by atoms with van der Waals surface area (Å²) in [6.45, 7) is 4.30. The maximum atomic E-state index is 12.9. The molecule has 1 heterocycles. The number of para-hydroxylation sites is 2. The van der Waals surface area contributed by atoms with Crippen LogP contribution in [0.1, 0.15) is 38.7 Å². The molecule has 0 spiro atoms. The highest BCUT2D eigenvalue weighted by Crippen LogP contribution is 2.39. The minimum Gasteiger partial charge on any atom is -0.492 e. The van der Waals surface area contributed by atoms with E-state index in [1.807, 2.05) is 18.7 Å². The van der Waals surface area contributed by atoms with Gasteiger partial charge in [0.1, 0.15) is 5.75 Å². The summed E-state index contributed by atoms with van der Waals surface area (Å²) in [4.78, 5) is 27.0. The van der Waals surface area contributed by atoms with Crippen molar-refractivity contribution in [3.63, 3.8) is 0 Å². The maximum absolute atomic E-state index is 12.9. The number of hydrogen-bond acceptors (Lipinski definition) is 5. The summed E-state index contributed by atoms with van der Waals surface area (Å²) in [5, 5.41) is 2.73. The van der Waals surface area contributed by atoms with Gasteiger partial charge in [-0.2, -0.15) is 0 Å². The van der Waals surface area contributed by atoms with Crippen LogP contribution in [-0.2, 0) is 25.8 Å². The Morgan fingerprint density at radius 1 is 1.16 bits per heavy atom. The Kier molecular flexibility index (Phi) is 6.24. The second-order valence-electron chi connectivity index (χ2n) is 8.37. The van der Waals surface area contributed by atoms with Gasteiger partial charge in [0.05, 0.1) is 22.9 Å². The highest BCUT2D eigenvalue weighted by atomic mass is 32.2. The van der Waals surface area contributed by atoms with E-state index in [-0.39, 0.29) is 34.9 Å². The molecular weight excluding hydrogens is 428 g/mol. The highest BCUT2D eigenvalue weighted by molar-refractivity contribution is 7.91. The van der Waals surface area contributed by atoms with E-state index >= 15 is 0 Å². The lowest BCUT2D eigenvalue weighted by Gasteiger charge is -2.22. The number of rotatable bonds is 8. The molecule has 8 heteroatoms. The predicted octanol–water partition coefficient (Wildman–Crippen LogP) is 3.58. The third kappa shape index (κ3) is 4.65. The van der Waals surface area contributed by atoms with E-state index in [1.54, 1.807) is 42.5 Å². The van der Waals surface area contributed by atoms with Crippen molar-refractivity contribution in [2.45, 2.75) is 50.5 Å². The number of fused-ring (bicyclic) bond motifs is 1. The van der Waals surface area contributed by atoms with Crippen LogP contribution in [0.2, 0.25) is 0 Å². The zero-order valence-electron chi connectivity index (χ0n) is 18.3. The number of nitrogens with zero attached hydrogens (tertiary/aromatic N) is 1. The van der Waals surface area contributed by atoms with E-state index in [4.69, 9.17) is 4.74 Å². The fraction of sp³-hybridized carbons (Fsp3) is 0.417. The van der Waals surface area contributed by atoms with E-state index in [9.17, 15) is 18.0 Å². The first kappa shape index (κ1) is 22.3. The summed E-state index contributed by atoms with van der Waals surface area (Å²) in [6, 6.07) is 12.0. The summed E-state index contributed by atoms with van der Waals surface area (Å²) in [7, 11) is -3.64. The second-order valence-corrected chi connectivity index (χ2v) is 10.5. The average molecular weight is 457 g/mol. The molecule has 2 aromatic carbocycles. The molecule has 2 aromatic rings. The van der Waals surface area contributed by atoms with Crippen LogP contribution in [0, 0.1) is 5.92 Å². The number of benzene rings is 2. The fourth-order valence-electron chi connectivity index (χ4n) is 4.07. The minimum atomic E-state index is -3.64. The quantitative estimate of drug-likeness (QED) is 0.656. The number of sulfone groups is 1. The van der Waals surface area contributed by atoms with Gasteiger partial charge in [-0.25, -0.2) is 8.42 Å². The van der Waals surface area contributed by atoms with Gasteiger partial charge in [-0.1, -0.05) is 12.1 Å². The number of nitrogens with one attached hydrogen (secondary N) is 1. The molecule has 1 fully saturated rings. The number of ether oxygens (including phenoxy) is 1. The van der Waals surface area contributed by atoms with Crippen LogP contribution in [0.5, 0.6) is 5.75 Å². The molecule has 1 atom stereocenters. The maximum Gasteiger partial charge on any atom is 0.230 e. The fourth-order valence-corrected chi connectivity index (χ4v) is 5.36. The van der Waals surface area contributed by atoms with Crippen molar-refractivity contribution in [3.8, 4) is 5.75 Å². The van der Waals surface area contributed by atoms with Crippen LogP contribution in [0.15, 0.2) is 47.4 Å². The first-order valence-electron chi connectivity index (χ1n) is 11.0. The molecule has 4 rings (SSSR count). The van der Waals surface area contributed by atoms with Gasteiger partial charge >= 0.3 is 0 Å². The van der Waals surface area contributed by atoms with Gasteiger partial charge in [0.2, 0.25) is 11.8 Å². The zero-order valence-corrected chi connectivity index (χ0v) is 19.2. The van der Waals surface area contributed by atoms with Crippen LogP contribution in [0.25, 0.3) is 0 Å². The van der Waals surface area contributed by atoms with Crippen LogP contribution in [-0.4, -0.2) is 38.6 Å². The van der Waals surface area contributed by atoms with E-state index < -0.39 is 15.7 Å². The van der Waals surface area contributed by atoms with E-state index in [2.05, 4.69) is 5.32 Å². The van der Waals surface area contributed by atoms with Crippen molar-refractivity contribution in [3.05, 3.63) is 48.0 Å². The monoisotopic (exact) mass is 456 g/mol. The summed E-state index contributed by atoms with van der Waals surface area (Å²) in [5.41, 5.74) is 2.19. The van der Waals surface area contributed by atoms with Gasteiger partial charge in [-0.15, -0.1) is 0 Å². The van der Waals surface area contributed by atoms with Crippen molar-refractivity contribution in [2.24, 2.45) is 5.92 Å². The Balaban J connectivity index is 1.43. The molecule has 7 nitrogen and oxygen atoms in total. The lowest BCUT2D eigenvalue weighted by atomic mass is 10.1. The van der Waals surface area contributed by atoms with Crippen molar-refractivity contribution in [1.82, 2.24) is 0 Å². The molecule has 32 heavy (non-hydrogen) atoms. The van der Waals surface area contributed by atoms with E-state index in [1.165, 1.54) is 0 Å². The molecule has 0 unspecified atom stereocenters. The lowest BCUT2D eigenvalue weighted by molar-refractivity contribution is -0.120. The summed E-state index contributed by atoms with van der Waals surface area (Å²) in [5.74, 6) is 0.101. The van der Waals surface area contributed by atoms with E-state index in [0.717, 1.165) is 24.1 Å². The Labute approximate surface area is 188 Å². The van der Waals surface area contributed by atoms with Gasteiger partial charge in [0.25, 0.3) is 0 Å². The van der Waals surface area contributed by atoms with Crippen LogP contribution in [0.3, 0.4) is 0 Å². The highest BCUT2D eigenvalue weighted by Gasteiger charge is 2.39. The first-order valence-corrected chi connectivity index (χ1v) is 12.7.